The summed E-state index contributed by atoms with van der Waals surface area (Å²) in [6, 6.07) is -0.314. The summed E-state index contributed by atoms with van der Waals surface area (Å²) in [5, 5.41) is 3.95. The Morgan fingerprint density at radius 1 is 1.56 bits per heavy atom. The second kappa shape index (κ2) is 5.94. The minimum Gasteiger partial charge on any atom is -0.272 e. The highest BCUT2D eigenvalue weighted by atomic mass is 32.2. The Bertz CT molecular complexity index is 524. The predicted octanol–water partition coefficient (Wildman–Crippen LogP) is 0.290. The Kier molecular flexibility index (Phi) is 5.06. The van der Waals surface area contributed by atoms with Crippen molar-refractivity contribution < 1.29 is 12.6 Å². The lowest BCUT2D eigenvalue weighted by molar-refractivity contribution is 0.413. The molecule has 2 atom stereocenters. The molecule has 0 N–H and O–H groups in total. The quantitative estimate of drug-likeness (QED) is 0.756. The van der Waals surface area contributed by atoms with Gasteiger partial charge in [-0.1, -0.05) is 0 Å². The lowest BCUT2D eigenvalue weighted by atomic mass is 10.4. The maximum Gasteiger partial charge on any atom is 0.246 e. The summed E-state index contributed by atoms with van der Waals surface area (Å²) in [4.78, 5) is 0.167. The maximum atomic E-state index is 12.3. The first kappa shape index (κ1) is 15.3. The summed E-state index contributed by atoms with van der Waals surface area (Å²) in [7, 11) is -3.09. The molecule has 0 bridgehead atoms. The molecule has 1 rings (SSSR count). The van der Waals surface area contributed by atoms with E-state index >= 15 is 0 Å². The number of hydrogen-bond acceptors (Lipinski definition) is 4. The largest absolute Gasteiger partial charge is 0.272 e. The van der Waals surface area contributed by atoms with Crippen LogP contribution in [0, 0.1) is 0 Å². The van der Waals surface area contributed by atoms with Crippen LogP contribution < -0.4 is 0 Å². The van der Waals surface area contributed by atoms with Crippen LogP contribution in [0.5, 0.6) is 0 Å². The molecule has 1 aromatic rings. The molecule has 18 heavy (non-hydrogen) atoms. The van der Waals surface area contributed by atoms with Crippen LogP contribution in [0.2, 0.25) is 0 Å². The van der Waals surface area contributed by atoms with Crippen LogP contribution in [-0.4, -0.2) is 51.8 Å². The monoisotopic (exact) mass is 293 g/mol. The number of aryl methyl sites for hydroxylation is 1. The molecule has 1 heterocycles. The summed E-state index contributed by atoms with van der Waals surface area (Å²) in [6.45, 7) is 4.24. The van der Waals surface area contributed by atoms with E-state index in [-0.39, 0.29) is 10.9 Å². The lowest BCUT2D eigenvalue weighted by Crippen LogP contribution is -2.38. The zero-order chi connectivity index (χ0) is 13.9. The third-order valence-corrected chi connectivity index (χ3v) is 5.58. The van der Waals surface area contributed by atoms with Gasteiger partial charge in [0.25, 0.3) is 0 Å². The van der Waals surface area contributed by atoms with Crippen LogP contribution in [0.25, 0.3) is 0 Å². The van der Waals surface area contributed by atoms with E-state index < -0.39 is 20.8 Å². The molecular formula is C10H19N3O3S2. The highest BCUT2D eigenvalue weighted by Gasteiger charge is 2.27. The fourth-order valence-electron chi connectivity index (χ4n) is 1.50. The fraction of sp³-hybridized carbons (Fsp3) is 0.700. The summed E-state index contributed by atoms with van der Waals surface area (Å²) in [5.74, 6) is 0.317. The summed E-state index contributed by atoms with van der Waals surface area (Å²) in [6.07, 6.45) is 4.40. The molecule has 0 fully saturated rings. The molecule has 0 aliphatic rings. The van der Waals surface area contributed by atoms with Crippen LogP contribution in [0.1, 0.15) is 13.8 Å². The van der Waals surface area contributed by atoms with Crippen molar-refractivity contribution >= 4 is 20.8 Å². The van der Waals surface area contributed by atoms with Gasteiger partial charge in [-0.15, -0.1) is 0 Å². The molecule has 6 nitrogen and oxygen atoms in total. The number of sulfonamides is 1. The minimum atomic E-state index is -3.56. The van der Waals surface area contributed by atoms with Gasteiger partial charge in [-0.2, -0.15) is 9.40 Å². The van der Waals surface area contributed by atoms with E-state index in [0.717, 1.165) is 0 Å². The van der Waals surface area contributed by atoms with Gasteiger partial charge < -0.3 is 0 Å². The molecule has 0 saturated heterocycles. The molecule has 0 spiro atoms. The first-order chi connectivity index (χ1) is 8.28. The first-order valence-corrected chi connectivity index (χ1v) is 8.76. The number of rotatable bonds is 6. The smallest absolute Gasteiger partial charge is 0.246 e. The van der Waals surface area contributed by atoms with Gasteiger partial charge in [0.15, 0.2) is 0 Å². The normalized spacial score (nSPS) is 15.8. The average molecular weight is 293 g/mol. The van der Waals surface area contributed by atoms with E-state index in [4.69, 9.17) is 0 Å². The Hall–Kier alpha value is -0.730. The van der Waals surface area contributed by atoms with Gasteiger partial charge in [0.1, 0.15) is 4.90 Å². The van der Waals surface area contributed by atoms with E-state index in [9.17, 15) is 12.6 Å². The molecule has 0 amide bonds. The topological polar surface area (TPSA) is 72.3 Å². The van der Waals surface area contributed by atoms with Gasteiger partial charge in [0, 0.05) is 48.6 Å². The van der Waals surface area contributed by atoms with Crippen molar-refractivity contribution in [3.63, 3.8) is 0 Å². The third-order valence-electron chi connectivity index (χ3n) is 2.71. The van der Waals surface area contributed by atoms with Crippen LogP contribution in [0.3, 0.4) is 0 Å². The molecule has 0 aliphatic heterocycles. The Morgan fingerprint density at radius 2 is 2.17 bits per heavy atom. The Labute approximate surface area is 110 Å². The molecule has 2 unspecified atom stereocenters. The van der Waals surface area contributed by atoms with Crippen molar-refractivity contribution in [2.45, 2.75) is 31.3 Å². The first-order valence-electron chi connectivity index (χ1n) is 5.59. The standard InChI is InChI=1S/C10H19N3O3S2/c1-5-13-7-10(6-11-13)18(15,16)12(3)9(2)8-17(4)14/h6-7,9H,5,8H2,1-4H3. The fourth-order valence-corrected chi connectivity index (χ4v) is 3.81. The maximum absolute atomic E-state index is 12.3. The molecule has 104 valence electrons. The molecule has 8 heteroatoms. The third kappa shape index (κ3) is 3.39. The van der Waals surface area contributed by atoms with Gasteiger partial charge in [-0.05, 0) is 13.8 Å². The summed E-state index contributed by atoms with van der Waals surface area (Å²) < 4.78 is 38.5. The van der Waals surface area contributed by atoms with Crippen LogP contribution in [-0.2, 0) is 27.4 Å². The minimum absolute atomic E-state index is 0.167. The van der Waals surface area contributed by atoms with Crippen molar-refractivity contribution in [1.82, 2.24) is 14.1 Å². The molecule has 1 aromatic heterocycles. The van der Waals surface area contributed by atoms with E-state index in [1.165, 1.54) is 23.7 Å². The molecule has 0 aromatic carbocycles. The molecular weight excluding hydrogens is 274 g/mol. The van der Waals surface area contributed by atoms with Crippen LogP contribution in [0.15, 0.2) is 17.3 Å². The lowest BCUT2D eigenvalue weighted by Gasteiger charge is -2.22. The van der Waals surface area contributed by atoms with Gasteiger partial charge in [-0.3, -0.25) is 8.89 Å². The molecule has 0 saturated carbocycles. The van der Waals surface area contributed by atoms with E-state index in [1.54, 1.807) is 17.9 Å². The van der Waals surface area contributed by atoms with E-state index in [2.05, 4.69) is 5.10 Å². The van der Waals surface area contributed by atoms with E-state index in [1.807, 2.05) is 6.92 Å². The summed E-state index contributed by atoms with van der Waals surface area (Å²) >= 11 is 0. The predicted molar refractivity (Wildman–Crippen MR) is 71.2 cm³/mol. The number of aromatic nitrogens is 2. The van der Waals surface area contributed by atoms with E-state index in [0.29, 0.717) is 12.3 Å². The van der Waals surface area contributed by atoms with Crippen molar-refractivity contribution in [2.75, 3.05) is 19.1 Å². The SMILES string of the molecule is CCn1cc(S(=O)(=O)N(C)C(C)CS(C)=O)cn1. The second-order valence-corrected chi connectivity index (χ2v) is 7.62. The van der Waals surface area contributed by atoms with Crippen molar-refractivity contribution in [3.05, 3.63) is 12.4 Å². The molecule has 0 aliphatic carbocycles. The Morgan fingerprint density at radius 3 is 2.61 bits per heavy atom. The highest BCUT2D eigenvalue weighted by molar-refractivity contribution is 7.89. The van der Waals surface area contributed by atoms with Crippen molar-refractivity contribution in [1.29, 1.82) is 0 Å². The van der Waals surface area contributed by atoms with Crippen LogP contribution >= 0.6 is 0 Å². The van der Waals surface area contributed by atoms with Crippen molar-refractivity contribution in [2.24, 2.45) is 0 Å². The zero-order valence-electron chi connectivity index (χ0n) is 11.0. The van der Waals surface area contributed by atoms with Gasteiger partial charge >= 0.3 is 0 Å². The van der Waals surface area contributed by atoms with Gasteiger partial charge in [0.2, 0.25) is 10.0 Å². The van der Waals surface area contributed by atoms with Gasteiger partial charge in [0.05, 0.1) is 6.20 Å². The second-order valence-electron chi connectivity index (χ2n) is 4.14. The molecule has 0 radical (unpaired) electrons. The number of hydrogen-bond donors (Lipinski definition) is 0. The average Bonchev–Trinajstić information content (AvgIpc) is 2.76. The Balaban J connectivity index is 2.95. The van der Waals surface area contributed by atoms with Crippen molar-refractivity contribution in [3.8, 4) is 0 Å². The van der Waals surface area contributed by atoms with Gasteiger partial charge in [-0.25, -0.2) is 8.42 Å². The highest BCUT2D eigenvalue weighted by Crippen LogP contribution is 2.16. The van der Waals surface area contributed by atoms with Crippen LogP contribution in [0.4, 0.5) is 0 Å². The summed E-state index contributed by atoms with van der Waals surface area (Å²) in [5.41, 5.74) is 0. The zero-order valence-corrected chi connectivity index (χ0v) is 12.7. The number of nitrogens with zero attached hydrogens (tertiary/aromatic N) is 3.